The van der Waals surface area contributed by atoms with Crippen molar-refractivity contribution in [3.05, 3.63) is 29.6 Å². The quantitative estimate of drug-likeness (QED) is 0.756. The van der Waals surface area contributed by atoms with Gasteiger partial charge in [-0.2, -0.15) is 0 Å². The molecule has 1 N–H and O–H groups in total. The van der Waals surface area contributed by atoms with Crippen molar-refractivity contribution in [3.63, 3.8) is 0 Å². The average Bonchev–Trinajstić information content (AvgIpc) is 3.37. The Morgan fingerprint density at radius 2 is 2.17 bits per heavy atom. The molecule has 1 aromatic heterocycles. The minimum atomic E-state index is -0.0469. The van der Waals surface area contributed by atoms with Gasteiger partial charge in [0.25, 0.3) is 0 Å². The second-order valence-corrected chi connectivity index (χ2v) is 6.79. The van der Waals surface area contributed by atoms with Crippen LogP contribution in [0.4, 0.5) is 0 Å². The molecule has 1 aliphatic rings. The topological polar surface area (TPSA) is 62.3 Å². The molecular weight excluding hydrogens is 302 g/mol. The first-order chi connectivity index (χ1) is 11.5. The highest BCUT2D eigenvalue weighted by Gasteiger charge is 2.33. The van der Waals surface area contributed by atoms with Gasteiger partial charge in [-0.1, -0.05) is 6.92 Å². The Morgan fingerprint density at radius 3 is 2.79 bits per heavy atom. The summed E-state index contributed by atoms with van der Waals surface area (Å²) >= 11 is 0. The van der Waals surface area contributed by atoms with Gasteiger partial charge in [0.15, 0.2) is 0 Å². The van der Waals surface area contributed by atoms with Gasteiger partial charge in [-0.05, 0) is 63.6 Å². The first-order valence-electron chi connectivity index (χ1n) is 9.00. The van der Waals surface area contributed by atoms with E-state index in [1.165, 1.54) is 5.56 Å². The summed E-state index contributed by atoms with van der Waals surface area (Å²) in [6.45, 7) is 6.19. The van der Waals surface area contributed by atoms with Crippen molar-refractivity contribution < 1.29 is 9.59 Å². The Bertz CT molecular complexity index is 569. The van der Waals surface area contributed by atoms with Gasteiger partial charge in [-0.3, -0.25) is 14.6 Å². The van der Waals surface area contributed by atoms with Gasteiger partial charge >= 0.3 is 0 Å². The van der Waals surface area contributed by atoms with Gasteiger partial charge in [-0.25, -0.2) is 0 Å². The van der Waals surface area contributed by atoms with Crippen LogP contribution < -0.4 is 5.32 Å². The van der Waals surface area contributed by atoms with E-state index in [9.17, 15) is 9.59 Å². The lowest BCUT2D eigenvalue weighted by molar-refractivity contribution is -0.136. The minimum absolute atomic E-state index is 0.0469. The molecule has 1 heterocycles. The van der Waals surface area contributed by atoms with Gasteiger partial charge in [0.2, 0.25) is 11.8 Å². The third kappa shape index (κ3) is 5.95. The van der Waals surface area contributed by atoms with Crippen LogP contribution in [0.2, 0.25) is 0 Å². The van der Waals surface area contributed by atoms with Gasteiger partial charge in [0, 0.05) is 30.4 Å². The lowest BCUT2D eigenvalue weighted by atomic mass is 10.1. The highest BCUT2D eigenvalue weighted by molar-refractivity contribution is 5.85. The summed E-state index contributed by atoms with van der Waals surface area (Å²) in [4.78, 5) is 30.5. The zero-order chi connectivity index (χ0) is 17.5. The van der Waals surface area contributed by atoms with E-state index in [2.05, 4.69) is 16.4 Å². The molecular formula is C19H29N3O2. The summed E-state index contributed by atoms with van der Waals surface area (Å²) in [7, 11) is 0. The highest BCUT2D eigenvalue weighted by Crippen LogP contribution is 2.27. The second-order valence-electron chi connectivity index (χ2n) is 6.79. The molecule has 5 nitrogen and oxygen atoms in total. The molecule has 24 heavy (non-hydrogen) atoms. The van der Waals surface area contributed by atoms with Crippen molar-refractivity contribution in [2.45, 2.75) is 71.4 Å². The number of amides is 2. The SMILES string of the molecule is CC[C@@H](C)NC(=O)CN(C(=O)CCCc1ccnc(C)c1)C1CC1. The standard InChI is InChI=1S/C19H29N3O2/c1-4-14(2)21-18(23)13-22(17-8-9-17)19(24)7-5-6-16-10-11-20-15(3)12-16/h10-12,14,17H,4-9,13H2,1-3H3,(H,21,23)/t14-/m1/s1. The molecule has 0 aliphatic heterocycles. The maximum absolute atomic E-state index is 12.5. The Hall–Kier alpha value is -1.91. The number of aromatic nitrogens is 1. The van der Waals surface area contributed by atoms with Gasteiger partial charge in [0.05, 0.1) is 6.54 Å². The summed E-state index contributed by atoms with van der Waals surface area (Å²) < 4.78 is 0. The zero-order valence-electron chi connectivity index (χ0n) is 15.0. The fourth-order valence-corrected chi connectivity index (χ4v) is 2.73. The summed E-state index contributed by atoms with van der Waals surface area (Å²) in [5.41, 5.74) is 2.21. The molecule has 1 atom stereocenters. The highest BCUT2D eigenvalue weighted by atomic mass is 16.2. The van der Waals surface area contributed by atoms with Crippen LogP contribution in [0, 0.1) is 6.92 Å². The molecule has 0 saturated heterocycles. The number of pyridine rings is 1. The van der Waals surface area contributed by atoms with E-state index in [1.54, 1.807) is 4.90 Å². The summed E-state index contributed by atoms with van der Waals surface area (Å²) in [6, 6.07) is 4.48. The van der Waals surface area contributed by atoms with E-state index in [4.69, 9.17) is 0 Å². The predicted molar refractivity (Wildman–Crippen MR) is 94.5 cm³/mol. The number of nitrogens with one attached hydrogen (secondary N) is 1. The monoisotopic (exact) mass is 331 g/mol. The zero-order valence-corrected chi connectivity index (χ0v) is 15.0. The van der Waals surface area contributed by atoms with E-state index in [0.29, 0.717) is 6.42 Å². The van der Waals surface area contributed by atoms with Crippen LogP contribution in [0.3, 0.4) is 0 Å². The van der Waals surface area contributed by atoms with E-state index < -0.39 is 0 Å². The van der Waals surface area contributed by atoms with Crippen molar-refractivity contribution in [3.8, 4) is 0 Å². The predicted octanol–water partition coefficient (Wildman–Crippen LogP) is 2.62. The third-order valence-electron chi connectivity index (χ3n) is 4.46. The Kier molecular flexibility index (Phi) is 6.76. The Morgan fingerprint density at radius 1 is 1.42 bits per heavy atom. The smallest absolute Gasteiger partial charge is 0.239 e. The lowest BCUT2D eigenvalue weighted by Crippen LogP contribution is -2.44. The molecule has 1 saturated carbocycles. The van der Waals surface area contributed by atoms with Crippen LogP contribution in [-0.2, 0) is 16.0 Å². The molecule has 0 radical (unpaired) electrons. The van der Waals surface area contributed by atoms with Gasteiger partial charge in [-0.15, -0.1) is 0 Å². The van der Waals surface area contributed by atoms with Crippen LogP contribution in [0.5, 0.6) is 0 Å². The lowest BCUT2D eigenvalue weighted by Gasteiger charge is -2.23. The number of aryl methyl sites for hydroxylation is 2. The summed E-state index contributed by atoms with van der Waals surface area (Å²) in [6.07, 6.45) is 6.91. The average molecular weight is 331 g/mol. The Labute approximate surface area is 144 Å². The molecule has 2 amide bonds. The number of hydrogen-bond donors (Lipinski definition) is 1. The maximum Gasteiger partial charge on any atom is 0.239 e. The molecule has 0 unspecified atom stereocenters. The van der Waals surface area contributed by atoms with Crippen molar-refractivity contribution >= 4 is 11.8 Å². The second kappa shape index (κ2) is 8.81. The van der Waals surface area contributed by atoms with Gasteiger partial charge < -0.3 is 10.2 Å². The normalized spacial score (nSPS) is 15.0. The molecule has 0 spiro atoms. The minimum Gasteiger partial charge on any atom is -0.352 e. The summed E-state index contributed by atoms with van der Waals surface area (Å²) in [5, 5.41) is 2.95. The van der Waals surface area contributed by atoms with Crippen LogP contribution >= 0.6 is 0 Å². The third-order valence-corrected chi connectivity index (χ3v) is 4.46. The van der Waals surface area contributed by atoms with Crippen LogP contribution in [0.25, 0.3) is 0 Å². The van der Waals surface area contributed by atoms with E-state index in [0.717, 1.165) is 37.8 Å². The van der Waals surface area contributed by atoms with Crippen LogP contribution in [-0.4, -0.2) is 40.3 Å². The largest absolute Gasteiger partial charge is 0.352 e. The van der Waals surface area contributed by atoms with Crippen molar-refractivity contribution in [2.24, 2.45) is 0 Å². The Balaban J connectivity index is 1.80. The fourth-order valence-electron chi connectivity index (χ4n) is 2.73. The number of carbonyl (C=O) groups excluding carboxylic acids is 2. The molecule has 1 fully saturated rings. The fraction of sp³-hybridized carbons (Fsp3) is 0.632. The molecule has 1 aromatic rings. The first-order valence-corrected chi connectivity index (χ1v) is 9.00. The van der Waals surface area contributed by atoms with Crippen molar-refractivity contribution in [2.75, 3.05) is 6.54 Å². The molecule has 132 valence electrons. The summed E-state index contributed by atoms with van der Waals surface area (Å²) in [5.74, 6) is 0.0527. The molecule has 0 bridgehead atoms. The van der Waals surface area contributed by atoms with Crippen LogP contribution in [0.15, 0.2) is 18.3 Å². The number of rotatable bonds is 9. The maximum atomic E-state index is 12.5. The van der Waals surface area contributed by atoms with Crippen LogP contribution in [0.1, 0.15) is 57.2 Å². The van der Waals surface area contributed by atoms with Gasteiger partial charge in [0.1, 0.15) is 0 Å². The molecule has 0 aromatic carbocycles. The first kappa shape index (κ1) is 18.4. The molecule has 5 heteroatoms. The molecule has 2 rings (SSSR count). The number of nitrogens with zero attached hydrogens (tertiary/aromatic N) is 2. The molecule has 1 aliphatic carbocycles. The van der Waals surface area contributed by atoms with Crippen molar-refractivity contribution in [1.29, 1.82) is 0 Å². The van der Waals surface area contributed by atoms with Crippen molar-refractivity contribution in [1.82, 2.24) is 15.2 Å². The van der Waals surface area contributed by atoms with E-state index in [1.807, 2.05) is 33.0 Å². The van der Waals surface area contributed by atoms with E-state index in [-0.39, 0.29) is 30.4 Å². The number of carbonyl (C=O) groups is 2. The van der Waals surface area contributed by atoms with E-state index >= 15 is 0 Å². The number of hydrogen-bond acceptors (Lipinski definition) is 3.